The van der Waals surface area contributed by atoms with Gasteiger partial charge >= 0.3 is 0 Å². The molecule has 0 fully saturated rings. The van der Waals surface area contributed by atoms with Crippen LogP contribution in [0.2, 0.25) is 0 Å². The molecular weight excluding hydrogens is 586 g/mol. The van der Waals surface area contributed by atoms with Gasteiger partial charge in [-0.1, -0.05) is 91.3 Å². The summed E-state index contributed by atoms with van der Waals surface area (Å²) in [6.45, 7) is 5.35. The van der Waals surface area contributed by atoms with E-state index < -0.39 is 28.5 Å². The first-order valence-electron chi connectivity index (χ1n) is 15.0. The lowest BCUT2D eigenvalue weighted by Gasteiger charge is -2.34. The third-order valence-electron chi connectivity index (χ3n) is 7.70. The lowest BCUT2D eigenvalue weighted by molar-refractivity contribution is -0.140. The van der Waals surface area contributed by atoms with Crippen molar-refractivity contribution in [2.24, 2.45) is 0 Å². The van der Waals surface area contributed by atoms with E-state index in [0.29, 0.717) is 5.75 Å². The average molecular weight is 628 g/mol. The van der Waals surface area contributed by atoms with Crippen LogP contribution >= 0.6 is 0 Å². The third-order valence-corrected chi connectivity index (χ3v) is 9.49. The van der Waals surface area contributed by atoms with Gasteiger partial charge in [-0.15, -0.1) is 0 Å². The lowest BCUT2D eigenvalue weighted by Crippen LogP contribution is -2.54. The summed E-state index contributed by atoms with van der Waals surface area (Å²) in [5, 5.41) is 3.05. The van der Waals surface area contributed by atoms with Crippen LogP contribution in [0.4, 0.5) is 5.69 Å². The Labute approximate surface area is 266 Å². The molecule has 0 aliphatic heterocycles. The molecule has 236 valence electrons. The number of nitrogens with zero attached hydrogens (tertiary/aromatic N) is 2. The molecule has 9 heteroatoms. The number of rotatable bonds is 14. The zero-order valence-electron chi connectivity index (χ0n) is 26.2. The van der Waals surface area contributed by atoms with Crippen molar-refractivity contribution in [3.8, 4) is 5.75 Å². The van der Waals surface area contributed by atoms with E-state index in [1.54, 1.807) is 36.4 Å². The second kappa shape index (κ2) is 15.4. The molecule has 45 heavy (non-hydrogen) atoms. The summed E-state index contributed by atoms with van der Waals surface area (Å²) < 4.78 is 34.8. The summed E-state index contributed by atoms with van der Waals surface area (Å²) in [4.78, 5) is 30.0. The lowest BCUT2D eigenvalue weighted by atomic mass is 10.0. The summed E-state index contributed by atoms with van der Waals surface area (Å²) in [6.07, 6.45) is 0.973. The standard InChI is InChI=1S/C36H41N3O5S/c1-5-28(3)37-36(41)34(23-29-13-8-6-9-14-29)38(25-30-15-10-7-11-16-30)35(40)26-39(31-17-12-18-32(24-31)44-4)45(42,43)33-21-19-27(2)20-22-33/h6-22,24,28,34H,5,23,25-26H2,1-4H3,(H,37,41)/t28-,34+/m0/s1. The number of carbonyl (C=O) groups is 2. The van der Waals surface area contributed by atoms with E-state index in [2.05, 4.69) is 5.32 Å². The number of aryl methyl sites for hydroxylation is 1. The highest BCUT2D eigenvalue weighted by molar-refractivity contribution is 7.92. The van der Waals surface area contributed by atoms with Crippen molar-refractivity contribution < 1.29 is 22.7 Å². The van der Waals surface area contributed by atoms with Crippen LogP contribution in [0.15, 0.2) is 114 Å². The van der Waals surface area contributed by atoms with Gasteiger partial charge in [0.25, 0.3) is 10.0 Å². The number of anilines is 1. The maximum absolute atomic E-state index is 14.5. The minimum Gasteiger partial charge on any atom is -0.497 e. The molecule has 0 spiro atoms. The number of methoxy groups -OCH3 is 1. The van der Waals surface area contributed by atoms with Crippen LogP contribution < -0.4 is 14.4 Å². The van der Waals surface area contributed by atoms with Crippen molar-refractivity contribution in [3.05, 3.63) is 126 Å². The molecule has 0 saturated heterocycles. The fraction of sp³-hybridized carbons (Fsp3) is 0.278. The molecule has 0 aliphatic carbocycles. The number of nitrogens with one attached hydrogen (secondary N) is 1. The minimum absolute atomic E-state index is 0.0497. The van der Waals surface area contributed by atoms with Crippen LogP contribution in [0.3, 0.4) is 0 Å². The quantitative estimate of drug-likeness (QED) is 0.192. The summed E-state index contributed by atoms with van der Waals surface area (Å²) in [6, 6.07) is 31.0. The molecule has 0 unspecified atom stereocenters. The van der Waals surface area contributed by atoms with Crippen molar-refractivity contribution in [1.29, 1.82) is 0 Å². The number of hydrogen-bond acceptors (Lipinski definition) is 5. The zero-order valence-corrected chi connectivity index (χ0v) is 27.0. The predicted octanol–water partition coefficient (Wildman–Crippen LogP) is 5.75. The molecule has 1 N–H and O–H groups in total. The Morgan fingerprint density at radius 3 is 2.07 bits per heavy atom. The van der Waals surface area contributed by atoms with Gasteiger partial charge < -0.3 is 15.0 Å². The molecule has 2 amide bonds. The second-order valence-corrected chi connectivity index (χ2v) is 12.9. The van der Waals surface area contributed by atoms with Crippen molar-refractivity contribution >= 4 is 27.5 Å². The van der Waals surface area contributed by atoms with Gasteiger partial charge in [0.2, 0.25) is 11.8 Å². The van der Waals surface area contributed by atoms with Gasteiger partial charge in [-0.05, 0) is 55.7 Å². The van der Waals surface area contributed by atoms with Crippen LogP contribution in [-0.4, -0.2) is 50.9 Å². The minimum atomic E-state index is -4.20. The predicted molar refractivity (Wildman–Crippen MR) is 178 cm³/mol. The highest BCUT2D eigenvalue weighted by Gasteiger charge is 2.35. The fourth-order valence-electron chi connectivity index (χ4n) is 4.91. The monoisotopic (exact) mass is 627 g/mol. The Balaban J connectivity index is 1.80. The van der Waals surface area contributed by atoms with Crippen LogP contribution in [0.5, 0.6) is 5.75 Å². The van der Waals surface area contributed by atoms with E-state index in [9.17, 15) is 18.0 Å². The molecule has 0 radical (unpaired) electrons. The number of sulfonamides is 1. The Hall–Kier alpha value is -4.63. The molecule has 8 nitrogen and oxygen atoms in total. The van der Waals surface area contributed by atoms with Gasteiger partial charge in [-0.25, -0.2) is 8.42 Å². The van der Waals surface area contributed by atoms with Gasteiger partial charge in [0.05, 0.1) is 17.7 Å². The first-order valence-corrected chi connectivity index (χ1v) is 16.5. The van der Waals surface area contributed by atoms with Crippen molar-refractivity contribution in [1.82, 2.24) is 10.2 Å². The summed E-state index contributed by atoms with van der Waals surface area (Å²) >= 11 is 0. The highest BCUT2D eigenvalue weighted by atomic mass is 32.2. The number of amides is 2. The van der Waals surface area contributed by atoms with Gasteiger partial charge in [-0.3, -0.25) is 13.9 Å². The van der Waals surface area contributed by atoms with Crippen molar-refractivity contribution in [2.45, 2.75) is 57.1 Å². The molecule has 0 aromatic heterocycles. The van der Waals surface area contributed by atoms with Crippen molar-refractivity contribution in [3.63, 3.8) is 0 Å². The third kappa shape index (κ3) is 8.73. The van der Waals surface area contributed by atoms with E-state index in [0.717, 1.165) is 27.4 Å². The molecule has 0 aliphatic rings. The zero-order chi connectivity index (χ0) is 32.4. The van der Waals surface area contributed by atoms with E-state index in [-0.39, 0.29) is 35.5 Å². The van der Waals surface area contributed by atoms with Crippen LogP contribution in [0.1, 0.15) is 37.0 Å². The second-order valence-electron chi connectivity index (χ2n) is 11.1. The smallest absolute Gasteiger partial charge is 0.264 e. The molecule has 4 rings (SSSR count). The largest absolute Gasteiger partial charge is 0.497 e. The van der Waals surface area contributed by atoms with E-state index in [1.165, 1.54) is 24.1 Å². The molecule has 4 aromatic rings. The summed E-state index contributed by atoms with van der Waals surface area (Å²) in [5.74, 6) is -0.371. The first kappa shape index (κ1) is 33.3. The Morgan fingerprint density at radius 2 is 1.47 bits per heavy atom. The number of hydrogen-bond donors (Lipinski definition) is 1. The average Bonchev–Trinajstić information content (AvgIpc) is 3.06. The fourth-order valence-corrected chi connectivity index (χ4v) is 6.31. The van der Waals surface area contributed by atoms with Gasteiger partial charge in [0.1, 0.15) is 18.3 Å². The Morgan fingerprint density at radius 1 is 0.844 bits per heavy atom. The molecule has 0 heterocycles. The van der Waals surface area contributed by atoms with E-state index in [1.807, 2.05) is 81.4 Å². The number of carbonyl (C=O) groups excluding carboxylic acids is 2. The van der Waals surface area contributed by atoms with Crippen LogP contribution in [0, 0.1) is 6.92 Å². The molecule has 0 bridgehead atoms. The van der Waals surface area contributed by atoms with Gasteiger partial charge in [-0.2, -0.15) is 0 Å². The molecule has 4 aromatic carbocycles. The Kier molecular flexibility index (Phi) is 11.4. The molecular formula is C36H41N3O5S. The molecule has 2 atom stereocenters. The summed E-state index contributed by atoms with van der Waals surface area (Å²) in [7, 11) is -2.70. The SMILES string of the molecule is CC[C@H](C)NC(=O)[C@@H](Cc1ccccc1)N(Cc1ccccc1)C(=O)CN(c1cccc(OC)c1)S(=O)(=O)c1ccc(C)cc1. The number of ether oxygens (including phenoxy) is 1. The topological polar surface area (TPSA) is 96.0 Å². The van der Waals surface area contributed by atoms with E-state index in [4.69, 9.17) is 4.74 Å². The van der Waals surface area contributed by atoms with Crippen LogP contribution in [-0.2, 0) is 32.6 Å². The maximum Gasteiger partial charge on any atom is 0.264 e. The number of benzene rings is 4. The maximum atomic E-state index is 14.5. The van der Waals surface area contributed by atoms with Gasteiger partial charge in [0, 0.05) is 25.1 Å². The molecule has 0 saturated carbocycles. The van der Waals surface area contributed by atoms with E-state index >= 15 is 0 Å². The first-order chi connectivity index (χ1) is 21.6. The Bertz CT molecular complexity index is 1660. The van der Waals surface area contributed by atoms with Crippen LogP contribution in [0.25, 0.3) is 0 Å². The normalized spacial score (nSPS) is 12.5. The highest BCUT2D eigenvalue weighted by Crippen LogP contribution is 2.28. The van der Waals surface area contributed by atoms with Gasteiger partial charge in [0.15, 0.2) is 0 Å². The van der Waals surface area contributed by atoms with Crippen molar-refractivity contribution in [2.75, 3.05) is 18.0 Å². The summed E-state index contributed by atoms with van der Waals surface area (Å²) in [5.41, 5.74) is 2.87.